The van der Waals surface area contributed by atoms with Gasteiger partial charge >= 0.3 is 23.9 Å². The molecule has 0 heterocycles. The SMILES string of the molecule is COC.O=C(O)CC(=O)O.O=C(O)CC(=O)O. The first-order valence-electron chi connectivity index (χ1n) is 3.94. The Morgan fingerprint density at radius 3 is 0.824 bits per heavy atom. The summed E-state index contributed by atoms with van der Waals surface area (Å²) in [5.41, 5.74) is 0. The predicted octanol–water partition coefficient (Wildman–Crippen LogP) is -0.646. The minimum absolute atomic E-state index is 0.806. The Morgan fingerprint density at radius 2 is 0.824 bits per heavy atom. The Hall–Kier alpha value is -2.16. The molecule has 0 aliphatic heterocycles. The van der Waals surface area contributed by atoms with Gasteiger partial charge in [-0.25, -0.2) is 0 Å². The Bertz CT molecular complexity index is 208. The van der Waals surface area contributed by atoms with Gasteiger partial charge in [0.05, 0.1) is 0 Å². The third-order valence-corrected chi connectivity index (χ3v) is 0.605. The average Bonchev–Trinajstić information content (AvgIpc) is 1.99. The summed E-state index contributed by atoms with van der Waals surface area (Å²) in [6, 6.07) is 0. The Labute approximate surface area is 96.2 Å². The number of methoxy groups -OCH3 is 1. The summed E-state index contributed by atoms with van der Waals surface area (Å²) < 4.78 is 4.25. The van der Waals surface area contributed by atoms with Gasteiger partial charge in [-0.3, -0.25) is 19.2 Å². The largest absolute Gasteiger partial charge is 0.481 e. The Kier molecular flexibility index (Phi) is 16.5. The Morgan fingerprint density at radius 1 is 0.706 bits per heavy atom. The van der Waals surface area contributed by atoms with Crippen LogP contribution in [0.4, 0.5) is 0 Å². The van der Waals surface area contributed by atoms with E-state index in [9.17, 15) is 19.2 Å². The molecule has 0 aliphatic carbocycles. The van der Waals surface area contributed by atoms with Crippen LogP contribution >= 0.6 is 0 Å². The number of carboxylic acid groups (broad SMARTS) is 4. The van der Waals surface area contributed by atoms with Crippen LogP contribution in [0.25, 0.3) is 0 Å². The summed E-state index contributed by atoms with van der Waals surface area (Å²) in [5, 5.41) is 30.8. The van der Waals surface area contributed by atoms with Crippen molar-refractivity contribution >= 4 is 23.9 Å². The number of carboxylic acids is 4. The van der Waals surface area contributed by atoms with Crippen molar-refractivity contribution in [3.05, 3.63) is 0 Å². The highest BCUT2D eigenvalue weighted by Crippen LogP contribution is 1.74. The summed E-state index contributed by atoms with van der Waals surface area (Å²) in [5.74, 6) is -5.25. The van der Waals surface area contributed by atoms with Crippen molar-refractivity contribution in [1.82, 2.24) is 0 Å². The van der Waals surface area contributed by atoms with Gasteiger partial charge in [-0.1, -0.05) is 0 Å². The molecule has 0 unspecified atom stereocenters. The first-order valence-corrected chi connectivity index (χ1v) is 3.94. The van der Waals surface area contributed by atoms with E-state index in [0.717, 1.165) is 0 Å². The summed E-state index contributed by atoms with van der Waals surface area (Å²) in [4.78, 5) is 37.7. The van der Waals surface area contributed by atoms with Gasteiger partial charge in [0.2, 0.25) is 0 Å². The second-order valence-corrected chi connectivity index (χ2v) is 2.34. The van der Waals surface area contributed by atoms with Crippen molar-refractivity contribution in [2.75, 3.05) is 14.2 Å². The number of aliphatic carboxylic acids is 4. The minimum Gasteiger partial charge on any atom is -0.481 e. The fourth-order valence-corrected chi connectivity index (χ4v) is 0.259. The minimum atomic E-state index is -1.31. The average molecular weight is 254 g/mol. The van der Waals surface area contributed by atoms with Crippen LogP contribution < -0.4 is 0 Å². The van der Waals surface area contributed by atoms with E-state index in [4.69, 9.17) is 20.4 Å². The maximum absolute atomic E-state index is 9.43. The molecule has 0 radical (unpaired) electrons. The molecule has 9 heteroatoms. The van der Waals surface area contributed by atoms with Gasteiger partial charge in [0.15, 0.2) is 0 Å². The van der Waals surface area contributed by atoms with Crippen LogP contribution in [-0.2, 0) is 23.9 Å². The van der Waals surface area contributed by atoms with E-state index >= 15 is 0 Å². The molecular weight excluding hydrogens is 240 g/mol. The summed E-state index contributed by atoms with van der Waals surface area (Å²) in [6.45, 7) is 0. The van der Waals surface area contributed by atoms with Crippen LogP contribution in [0.3, 0.4) is 0 Å². The third-order valence-electron chi connectivity index (χ3n) is 0.605. The predicted molar refractivity (Wildman–Crippen MR) is 52.7 cm³/mol. The van der Waals surface area contributed by atoms with Gasteiger partial charge < -0.3 is 25.2 Å². The standard InChI is InChI=1S/2C3H4O4.C2H6O/c2*4-2(5)1-3(6)7;1-3-2/h2*1H2,(H,4,5)(H,6,7);1-2H3. The van der Waals surface area contributed by atoms with Gasteiger partial charge in [-0.15, -0.1) is 0 Å². The molecule has 0 saturated heterocycles. The second-order valence-electron chi connectivity index (χ2n) is 2.34. The first kappa shape index (κ1) is 20.3. The van der Waals surface area contributed by atoms with Crippen LogP contribution in [0, 0.1) is 0 Å². The van der Waals surface area contributed by atoms with Crippen LogP contribution in [-0.4, -0.2) is 58.5 Å². The highest BCUT2D eigenvalue weighted by Gasteiger charge is 2.02. The highest BCUT2D eigenvalue weighted by atomic mass is 16.5. The lowest BCUT2D eigenvalue weighted by atomic mass is 10.5. The second kappa shape index (κ2) is 13.8. The first-order chi connectivity index (χ1) is 7.67. The summed E-state index contributed by atoms with van der Waals surface area (Å²) in [7, 11) is 3.25. The molecule has 0 aliphatic rings. The van der Waals surface area contributed by atoms with Gasteiger partial charge in [0.25, 0.3) is 0 Å². The zero-order valence-corrected chi connectivity index (χ0v) is 9.24. The molecule has 0 rings (SSSR count). The molecule has 4 N–H and O–H groups in total. The third kappa shape index (κ3) is 56.9. The number of hydrogen-bond acceptors (Lipinski definition) is 5. The van der Waals surface area contributed by atoms with E-state index in [2.05, 4.69) is 4.74 Å². The molecule has 0 spiro atoms. The Balaban J connectivity index is -0.000000188. The molecule has 0 aromatic carbocycles. The smallest absolute Gasteiger partial charge is 0.314 e. The van der Waals surface area contributed by atoms with Crippen molar-refractivity contribution in [3.8, 4) is 0 Å². The summed E-state index contributed by atoms with van der Waals surface area (Å²) in [6.07, 6.45) is -1.61. The molecule has 0 saturated carbocycles. The van der Waals surface area contributed by atoms with Crippen molar-refractivity contribution < 1.29 is 44.3 Å². The molecule has 0 fully saturated rings. The normalized spacial score (nSPS) is 7.65. The lowest BCUT2D eigenvalue weighted by molar-refractivity contribution is -0.149. The van der Waals surface area contributed by atoms with Crippen molar-refractivity contribution in [2.24, 2.45) is 0 Å². The van der Waals surface area contributed by atoms with Gasteiger partial charge in [-0.2, -0.15) is 0 Å². The maximum atomic E-state index is 9.43. The highest BCUT2D eigenvalue weighted by molar-refractivity contribution is 5.89. The molecule has 0 bridgehead atoms. The van der Waals surface area contributed by atoms with E-state index < -0.39 is 36.7 Å². The molecule has 0 aromatic heterocycles. The van der Waals surface area contributed by atoms with E-state index in [1.807, 2.05) is 0 Å². The molecule has 100 valence electrons. The maximum Gasteiger partial charge on any atom is 0.314 e. The number of rotatable bonds is 4. The monoisotopic (exact) mass is 254 g/mol. The van der Waals surface area contributed by atoms with Crippen LogP contribution in [0.2, 0.25) is 0 Å². The zero-order valence-electron chi connectivity index (χ0n) is 9.24. The van der Waals surface area contributed by atoms with Crippen LogP contribution in [0.1, 0.15) is 12.8 Å². The van der Waals surface area contributed by atoms with Gasteiger partial charge in [0, 0.05) is 14.2 Å². The molecule has 0 aromatic rings. The van der Waals surface area contributed by atoms with Gasteiger partial charge in [-0.05, 0) is 0 Å². The lowest BCUT2D eigenvalue weighted by Gasteiger charge is -1.80. The fourth-order valence-electron chi connectivity index (χ4n) is 0.259. The number of carbonyl (C=O) groups is 4. The van der Waals surface area contributed by atoms with Crippen molar-refractivity contribution in [3.63, 3.8) is 0 Å². The fraction of sp³-hybridized carbons (Fsp3) is 0.500. The molecule has 0 amide bonds. The molecule has 17 heavy (non-hydrogen) atoms. The van der Waals surface area contributed by atoms with E-state index in [-0.39, 0.29) is 0 Å². The van der Waals surface area contributed by atoms with Crippen LogP contribution in [0.15, 0.2) is 0 Å². The van der Waals surface area contributed by atoms with E-state index in [0.29, 0.717) is 0 Å². The number of hydrogen-bond donors (Lipinski definition) is 4. The number of ether oxygens (including phenoxy) is 1. The molecule has 9 nitrogen and oxygen atoms in total. The van der Waals surface area contributed by atoms with Crippen molar-refractivity contribution in [1.29, 1.82) is 0 Å². The van der Waals surface area contributed by atoms with E-state index in [1.165, 1.54) is 0 Å². The topological polar surface area (TPSA) is 158 Å². The summed E-state index contributed by atoms with van der Waals surface area (Å²) >= 11 is 0. The quantitative estimate of drug-likeness (QED) is 0.478. The van der Waals surface area contributed by atoms with E-state index in [1.54, 1.807) is 14.2 Å². The molecule has 0 atom stereocenters. The zero-order chi connectivity index (χ0) is 14.4. The lowest BCUT2D eigenvalue weighted by Crippen LogP contribution is -2.03. The van der Waals surface area contributed by atoms with Gasteiger partial charge in [0.1, 0.15) is 12.8 Å². The van der Waals surface area contributed by atoms with Crippen molar-refractivity contribution in [2.45, 2.75) is 12.8 Å². The van der Waals surface area contributed by atoms with Crippen LogP contribution in [0.5, 0.6) is 0 Å². The molecular formula is C8H14O9.